The van der Waals surface area contributed by atoms with E-state index in [1.807, 2.05) is 48.5 Å². The van der Waals surface area contributed by atoms with Crippen molar-refractivity contribution in [2.45, 2.75) is 26.0 Å². The predicted molar refractivity (Wildman–Crippen MR) is 111 cm³/mol. The summed E-state index contributed by atoms with van der Waals surface area (Å²) in [6.45, 7) is 3.80. The number of rotatable bonds is 7. The first-order valence-corrected chi connectivity index (χ1v) is 9.30. The third-order valence-corrected chi connectivity index (χ3v) is 4.66. The fraction of sp³-hybridized carbons (Fsp3) is 0.208. The van der Waals surface area contributed by atoms with Crippen LogP contribution in [-0.2, 0) is 4.79 Å². The number of methoxy groups -OCH3 is 1. The Hall–Kier alpha value is -3.27. The molecule has 3 aromatic rings. The third kappa shape index (κ3) is 4.71. The van der Waals surface area contributed by atoms with Crippen molar-refractivity contribution < 1.29 is 14.3 Å². The van der Waals surface area contributed by atoms with Crippen LogP contribution in [-0.4, -0.2) is 19.1 Å². The van der Waals surface area contributed by atoms with Crippen molar-refractivity contribution in [1.82, 2.24) is 5.32 Å². The van der Waals surface area contributed by atoms with Crippen LogP contribution in [0.1, 0.15) is 29.7 Å². The molecular weight excluding hydrogens is 350 g/mol. The molecule has 0 aliphatic heterocycles. The molecule has 0 saturated carbocycles. The lowest BCUT2D eigenvalue weighted by Gasteiger charge is -2.24. The second-order valence-electron chi connectivity index (χ2n) is 6.64. The van der Waals surface area contributed by atoms with Crippen LogP contribution in [0.3, 0.4) is 0 Å². The summed E-state index contributed by atoms with van der Waals surface area (Å²) in [4.78, 5) is 12.9. The molecule has 2 unspecified atom stereocenters. The molecule has 3 rings (SSSR count). The van der Waals surface area contributed by atoms with Gasteiger partial charge in [-0.25, -0.2) is 0 Å². The van der Waals surface area contributed by atoms with E-state index in [1.54, 1.807) is 38.3 Å². The predicted octanol–water partition coefficient (Wildman–Crippen LogP) is 4.68. The highest BCUT2D eigenvalue weighted by Crippen LogP contribution is 2.25. The minimum atomic E-state index is -0.636. The second-order valence-corrected chi connectivity index (χ2v) is 6.64. The summed E-state index contributed by atoms with van der Waals surface area (Å²) in [7, 11) is 1.61. The molecule has 0 aliphatic rings. The molecule has 0 fully saturated rings. The number of carbonyl (C=O) groups excluding carboxylic acids is 1. The topological polar surface area (TPSA) is 47.6 Å². The molecule has 0 saturated heterocycles. The van der Waals surface area contributed by atoms with Crippen LogP contribution in [0.2, 0.25) is 0 Å². The molecule has 144 valence electrons. The smallest absolute Gasteiger partial charge is 0.261 e. The molecule has 0 heterocycles. The molecular formula is C24H25NO3. The minimum Gasteiger partial charge on any atom is -0.497 e. The molecule has 2 atom stereocenters. The zero-order valence-corrected chi connectivity index (χ0v) is 16.4. The van der Waals surface area contributed by atoms with Gasteiger partial charge >= 0.3 is 0 Å². The molecule has 3 aromatic carbocycles. The molecule has 0 aromatic heterocycles. The average Bonchev–Trinajstić information content (AvgIpc) is 2.73. The van der Waals surface area contributed by atoms with Crippen molar-refractivity contribution in [3.63, 3.8) is 0 Å². The number of nitrogens with one attached hydrogen (secondary N) is 1. The van der Waals surface area contributed by atoms with Crippen molar-refractivity contribution in [2.75, 3.05) is 7.11 Å². The number of ether oxygens (including phenoxy) is 2. The van der Waals surface area contributed by atoms with Gasteiger partial charge in [-0.3, -0.25) is 4.79 Å². The maximum absolute atomic E-state index is 12.9. The molecule has 0 radical (unpaired) electrons. The van der Waals surface area contributed by atoms with Crippen LogP contribution in [0.25, 0.3) is 0 Å². The zero-order chi connectivity index (χ0) is 19.9. The first-order chi connectivity index (χ1) is 13.6. The molecule has 1 N–H and O–H groups in total. The quantitative estimate of drug-likeness (QED) is 0.652. The Kier molecular flexibility index (Phi) is 6.33. The summed E-state index contributed by atoms with van der Waals surface area (Å²) in [5, 5.41) is 3.14. The Morgan fingerprint density at radius 2 is 1.46 bits per heavy atom. The van der Waals surface area contributed by atoms with Gasteiger partial charge in [-0.1, -0.05) is 54.6 Å². The van der Waals surface area contributed by atoms with Crippen molar-refractivity contribution in [3.8, 4) is 11.5 Å². The van der Waals surface area contributed by atoms with Crippen LogP contribution in [0.4, 0.5) is 0 Å². The number of aryl methyl sites for hydroxylation is 1. The van der Waals surface area contributed by atoms with Gasteiger partial charge < -0.3 is 14.8 Å². The summed E-state index contributed by atoms with van der Waals surface area (Å²) in [5.41, 5.74) is 3.22. The highest BCUT2D eigenvalue weighted by Gasteiger charge is 2.22. The van der Waals surface area contributed by atoms with Crippen molar-refractivity contribution in [1.29, 1.82) is 0 Å². The van der Waals surface area contributed by atoms with E-state index in [0.29, 0.717) is 5.75 Å². The standard InChI is InChI=1S/C24H25NO3/c1-17-9-7-8-12-22(17)23(19-10-5-4-6-11-19)25-24(26)18(2)28-21-15-13-20(27-3)14-16-21/h4-16,18,23H,1-3H3,(H,25,26). The SMILES string of the molecule is COc1ccc(OC(C)C(=O)NC(c2ccccc2)c2ccccc2C)cc1. The van der Waals surface area contributed by atoms with E-state index in [0.717, 1.165) is 22.4 Å². The Morgan fingerprint density at radius 3 is 2.11 bits per heavy atom. The van der Waals surface area contributed by atoms with Crippen LogP contribution >= 0.6 is 0 Å². The van der Waals surface area contributed by atoms with Crippen LogP contribution in [0.5, 0.6) is 11.5 Å². The van der Waals surface area contributed by atoms with Gasteiger partial charge in [0.05, 0.1) is 13.2 Å². The van der Waals surface area contributed by atoms with Gasteiger partial charge in [0.15, 0.2) is 6.10 Å². The Labute approximate surface area is 166 Å². The van der Waals surface area contributed by atoms with Crippen molar-refractivity contribution in [3.05, 3.63) is 95.6 Å². The largest absolute Gasteiger partial charge is 0.497 e. The fourth-order valence-electron chi connectivity index (χ4n) is 3.07. The normalized spacial score (nSPS) is 12.7. The number of benzene rings is 3. The Balaban J connectivity index is 1.78. The van der Waals surface area contributed by atoms with E-state index in [1.165, 1.54) is 0 Å². The molecule has 4 nitrogen and oxygen atoms in total. The zero-order valence-electron chi connectivity index (χ0n) is 16.4. The van der Waals surface area contributed by atoms with Crippen LogP contribution in [0.15, 0.2) is 78.9 Å². The molecule has 4 heteroatoms. The number of hydrogen-bond acceptors (Lipinski definition) is 3. The minimum absolute atomic E-state index is 0.173. The lowest BCUT2D eigenvalue weighted by atomic mass is 9.95. The molecule has 0 aliphatic carbocycles. The molecule has 1 amide bonds. The van der Waals surface area contributed by atoms with Crippen LogP contribution in [0, 0.1) is 6.92 Å². The maximum atomic E-state index is 12.9. The average molecular weight is 375 g/mol. The molecule has 0 bridgehead atoms. The summed E-state index contributed by atoms with van der Waals surface area (Å²) >= 11 is 0. The van der Waals surface area contributed by atoms with Gasteiger partial charge in [0.1, 0.15) is 11.5 Å². The van der Waals surface area contributed by atoms with E-state index >= 15 is 0 Å². The molecule has 0 spiro atoms. The monoisotopic (exact) mass is 375 g/mol. The van der Waals surface area contributed by atoms with Gasteiger partial charge in [0.25, 0.3) is 5.91 Å². The van der Waals surface area contributed by atoms with Crippen molar-refractivity contribution >= 4 is 5.91 Å². The van der Waals surface area contributed by atoms with Crippen molar-refractivity contribution in [2.24, 2.45) is 0 Å². The van der Waals surface area contributed by atoms with Gasteiger partial charge in [-0.05, 0) is 54.8 Å². The summed E-state index contributed by atoms with van der Waals surface area (Å²) in [5.74, 6) is 1.19. The first-order valence-electron chi connectivity index (χ1n) is 9.30. The maximum Gasteiger partial charge on any atom is 0.261 e. The summed E-state index contributed by atoms with van der Waals surface area (Å²) < 4.78 is 11.0. The van der Waals surface area contributed by atoms with E-state index < -0.39 is 6.10 Å². The van der Waals surface area contributed by atoms with Gasteiger partial charge in [0.2, 0.25) is 0 Å². The third-order valence-electron chi connectivity index (χ3n) is 4.66. The first kappa shape index (κ1) is 19.5. The summed E-state index contributed by atoms with van der Waals surface area (Å²) in [6, 6.07) is 25.0. The second kappa shape index (κ2) is 9.09. The Morgan fingerprint density at radius 1 is 0.857 bits per heavy atom. The molecule has 28 heavy (non-hydrogen) atoms. The van der Waals surface area contributed by atoms with Gasteiger partial charge in [-0.15, -0.1) is 0 Å². The number of carbonyl (C=O) groups is 1. The summed E-state index contributed by atoms with van der Waals surface area (Å²) in [6.07, 6.45) is -0.636. The lowest BCUT2D eigenvalue weighted by molar-refractivity contribution is -0.127. The van der Waals surface area contributed by atoms with E-state index in [-0.39, 0.29) is 11.9 Å². The van der Waals surface area contributed by atoms with Crippen LogP contribution < -0.4 is 14.8 Å². The van der Waals surface area contributed by atoms with Gasteiger partial charge in [-0.2, -0.15) is 0 Å². The van der Waals surface area contributed by atoms with Gasteiger partial charge in [0, 0.05) is 0 Å². The van der Waals surface area contributed by atoms with E-state index in [4.69, 9.17) is 9.47 Å². The Bertz CT molecular complexity index is 907. The van der Waals surface area contributed by atoms with E-state index in [9.17, 15) is 4.79 Å². The lowest BCUT2D eigenvalue weighted by Crippen LogP contribution is -2.39. The number of hydrogen-bond donors (Lipinski definition) is 1. The van der Waals surface area contributed by atoms with E-state index in [2.05, 4.69) is 18.3 Å². The fourth-order valence-corrected chi connectivity index (χ4v) is 3.07. The highest BCUT2D eigenvalue weighted by molar-refractivity contribution is 5.81. The highest BCUT2D eigenvalue weighted by atomic mass is 16.5. The number of amides is 1.